The summed E-state index contributed by atoms with van der Waals surface area (Å²) in [5, 5.41) is 20.4. The third-order valence-electron chi connectivity index (χ3n) is 2.53. The molecule has 2 heterocycles. The fourth-order valence-corrected chi connectivity index (χ4v) is 2.21. The number of likely N-dealkylation sites (tertiary alicyclic amines) is 1. The number of amides is 1. The summed E-state index contributed by atoms with van der Waals surface area (Å²) >= 11 is 0.882. The molecule has 0 aliphatic carbocycles. The van der Waals surface area contributed by atoms with E-state index < -0.39 is 16.8 Å². The van der Waals surface area contributed by atoms with E-state index in [2.05, 4.69) is 0 Å². The number of aliphatic carboxylic acids is 1. The number of carboxylic acids is 1. The first-order valence-corrected chi connectivity index (χ1v) is 5.62. The van der Waals surface area contributed by atoms with Gasteiger partial charge in [0.1, 0.15) is 0 Å². The predicted octanol–water partition coefficient (Wildman–Crippen LogP) is 0.813. The second-order valence-corrected chi connectivity index (χ2v) is 4.57. The molecule has 1 aliphatic heterocycles. The Morgan fingerprint density at radius 1 is 1.53 bits per heavy atom. The van der Waals surface area contributed by atoms with Gasteiger partial charge in [-0.3, -0.25) is 19.7 Å². The standard InChI is InChI=1S/C9H8N2O5S/c12-8(10-2-6(3-10)9(13)14)5-1-7(11(15)16)17-4-5/h1,4,6H,2-3H2,(H,13,14). The molecule has 1 aliphatic rings. The number of carboxylic acid groups (broad SMARTS) is 1. The first-order valence-electron chi connectivity index (χ1n) is 4.74. The number of nitro groups is 1. The lowest BCUT2D eigenvalue weighted by atomic mass is 10.00. The van der Waals surface area contributed by atoms with E-state index in [9.17, 15) is 19.7 Å². The minimum Gasteiger partial charge on any atom is -0.481 e. The highest BCUT2D eigenvalue weighted by atomic mass is 32.1. The monoisotopic (exact) mass is 256 g/mol. The number of carbonyl (C=O) groups excluding carboxylic acids is 1. The molecule has 1 amide bonds. The molecule has 0 saturated carbocycles. The van der Waals surface area contributed by atoms with Gasteiger partial charge in [0.05, 0.1) is 16.4 Å². The van der Waals surface area contributed by atoms with E-state index in [0.717, 1.165) is 11.3 Å². The second kappa shape index (κ2) is 4.13. The van der Waals surface area contributed by atoms with Gasteiger partial charge in [0.25, 0.3) is 5.91 Å². The van der Waals surface area contributed by atoms with Crippen molar-refractivity contribution < 1.29 is 19.6 Å². The Bertz CT molecular complexity index is 491. The summed E-state index contributed by atoms with van der Waals surface area (Å²) in [5.74, 6) is -1.80. The van der Waals surface area contributed by atoms with Crippen molar-refractivity contribution in [1.82, 2.24) is 4.90 Å². The van der Waals surface area contributed by atoms with Crippen LogP contribution in [0, 0.1) is 16.0 Å². The molecule has 0 spiro atoms. The van der Waals surface area contributed by atoms with Gasteiger partial charge in [0, 0.05) is 24.5 Å². The number of rotatable bonds is 3. The number of hydrogen-bond acceptors (Lipinski definition) is 5. The fraction of sp³-hybridized carbons (Fsp3) is 0.333. The average Bonchev–Trinajstić information content (AvgIpc) is 2.62. The van der Waals surface area contributed by atoms with Gasteiger partial charge in [-0.2, -0.15) is 0 Å². The smallest absolute Gasteiger partial charge is 0.324 e. The SMILES string of the molecule is O=C(O)C1CN(C(=O)c2csc([N+](=O)[O-])c2)C1. The summed E-state index contributed by atoms with van der Waals surface area (Å²) in [4.78, 5) is 33.6. The van der Waals surface area contributed by atoms with E-state index in [1.165, 1.54) is 16.3 Å². The molecule has 1 saturated heterocycles. The van der Waals surface area contributed by atoms with Crippen molar-refractivity contribution in [3.05, 3.63) is 27.1 Å². The molecule has 7 nitrogen and oxygen atoms in total. The maximum atomic E-state index is 11.7. The lowest BCUT2D eigenvalue weighted by Gasteiger charge is -2.36. The second-order valence-electron chi connectivity index (χ2n) is 3.68. The van der Waals surface area contributed by atoms with Gasteiger partial charge in [0.15, 0.2) is 0 Å². The number of hydrogen-bond donors (Lipinski definition) is 1. The number of nitrogens with zero attached hydrogens (tertiary/aromatic N) is 2. The highest BCUT2D eigenvalue weighted by Gasteiger charge is 2.36. The van der Waals surface area contributed by atoms with Gasteiger partial charge in [-0.25, -0.2) is 0 Å². The van der Waals surface area contributed by atoms with Gasteiger partial charge in [0.2, 0.25) is 0 Å². The van der Waals surface area contributed by atoms with Gasteiger partial charge in [-0.1, -0.05) is 11.3 Å². The van der Waals surface area contributed by atoms with Crippen molar-refractivity contribution in [3.8, 4) is 0 Å². The molecular weight excluding hydrogens is 248 g/mol. The summed E-state index contributed by atoms with van der Waals surface area (Å²) in [6, 6.07) is 1.21. The van der Waals surface area contributed by atoms with Crippen molar-refractivity contribution in [3.63, 3.8) is 0 Å². The van der Waals surface area contributed by atoms with Crippen LogP contribution in [0.3, 0.4) is 0 Å². The zero-order valence-corrected chi connectivity index (χ0v) is 9.35. The van der Waals surface area contributed by atoms with Gasteiger partial charge >= 0.3 is 11.0 Å². The highest BCUT2D eigenvalue weighted by Crippen LogP contribution is 2.26. The predicted molar refractivity (Wildman–Crippen MR) is 58.0 cm³/mol. The zero-order valence-electron chi connectivity index (χ0n) is 8.53. The Morgan fingerprint density at radius 2 is 2.18 bits per heavy atom. The lowest BCUT2D eigenvalue weighted by Crippen LogP contribution is -2.52. The first kappa shape index (κ1) is 11.5. The minimum atomic E-state index is -0.926. The maximum absolute atomic E-state index is 11.7. The molecule has 0 aromatic carbocycles. The third-order valence-corrected chi connectivity index (χ3v) is 3.41. The van der Waals surface area contributed by atoms with E-state index in [0.29, 0.717) is 0 Å². The fourth-order valence-electron chi connectivity index (χ4n) is 1.52. The molecule has 0 atom stereocenters. The largest absolute Gasteiger partial charge is 0.481 e. The van der Waals surface area contributed by atoms with Crippen molar-refractivity contribution in [1.29, 1.82) is 0 Å². The molecule has 1 N–H and O–H groups in total. The number of carbonyl (C=O) groups is 2. The van der Waals surface area contributed by atoms with Crippen LogP contribution in [0.15, 0.2) is 11.4 Å². The lowest BCUT2D eigenvalue weighted by molar-refractivity contribution is -0.380. The third kappa shape index (κ3) is 2.11. The van der Waals surface area contributed by atoms with E-state index in [1.807, 2.05) is 0 Å². The van der Waals surface area contributed by atoms with Crippen LogP contribution >= 0.6 is 11.3 Å². The molecule has 8 heteroatoms. The number of thiophene rings is 1. The molecule has 1 aromatic heterocycles. The average molecular weight is 256 g/mol. The van der Waals surface area contributed by atoms with Crippen LogP contribution in [-0.4, -0.2) is 39.9 Å². The maximum Gasteiger partial charge on any atom is 0.324 e. The van der Waals surface area contributed by atoms with Crippen LogP contribution in [0.25, 0.3) is 0 Å². The van der Waals surface area contributed by atoms with Crippen molar-refractivity contribution in [2.75, 3.05) is 13.1 Å². The van der Waals surface area contributed by atoms with Crippen LogP contribution in [0.5, 0.6) is 0 Å². The summed E-state index contributed by atoms with van der Waals surface area (Å²) < 4.78 is 0. The van der Waals surface area contributed by atoms with Crippen molar-refractivity contribution in [2.45, 2.75) is 0 Å². The summed E-state index contributed by atoms with van der Waals surface area (Å²) in [6.45, 7) is 0.329. The van der Waals surface area contributed by atoms with Gasteiger partial charge in [-0.05, 0) is 0 Å². The molecule has 0 bridgehead atoms. The molecule has 17 heavy (non-hydrogen) atoms. The highest BCUT2D eigenvalue weighted by molar-refractivity contribution is 7.13. The molecular formula is C9H8N2O5S. The van der Waals surface area contributed by atoms with Crippen molar-refractivity contribution >= 4 is 28.2 Å². The topological polar surface area (TPSA) is 101 Å². The van der Waals surface area contributed by atoms with Crippen LogP contribution in [0.4, 0.5) is 5.00 Å². The summed E-state index contributed by atoms with van der Waals surface area (Å²) in [5.41, 5.74) is 0.241. The molecule has 2 rings (SSSR count). The Balaban J connectivity index is 2.01. The molecule has 0 radical (unpaired) electrons. The summed E-state index contributed by atoms with van der Waals surface area (Å²) in [7, 11) is 0. The van der Waals surface area contributed by atoms with E-state index >= 15 is 0 Å². The molecule has 0 unspecified atom stereocenters. The van der Waals surface area contributed by atoms with Crippen LogP contribution < -0.4 is 0 Å². The molecule has 1 fully saturated rings. The quantitative estimate of drug-likeness (QED) is 0.637. The Labute approximate surface area is 99.4 Å². The van der Waals surface area contributed by atoms with Crippen LogP contribution in [-0.2, 0) is 4.79 Å². The molecule has 90 valence electrons. The Morgan fingerprint density at radius 3 is 2.65 bits per heavy atom. The van der Waals surface area contributed by atoms with Crippen molar-refractivity contribution in [2.24, 2.45) is 5.92 Å². The zero-order chi connectivity index (χ0) is 12.6. The minimum absolute atomic E-state index is 0.0938. The van der Waals surface area contributed by atoms with E-state index in [1.54, 1.807) is 0 Å². The van der Waals surface area contributed by atoms with E-state index in [-0.39, 0.29) is 29.6 Å². The van der Waals surface area contributed by atoms with Crippen LogP contribution in [0.2, 0.25) is 0 Å². The van der Waals surface area contributed by atoms with Gasteiger partial charge < -0.3 is 10.0 Å². The molecule has 1 aromatic rings. The van der Waals surface area contributed by atoms with Crippen LogP contribution in [0.1, 0.15) is 10.4 Å². The Kier molecular flexibility index (Phi) is 2.80. The summed E-state index contributed by atoms with van der Waals surface area (Å²) in [6.07, 6.45) is 0. The Hall–Kier alpha value is -1.96. The normalized spacial score (nSPS) is 15.4. The first-order chi connectivity index (χ1) is 7.99. The van der Waals surface area contributed by atoms with Gasteiger partial charge in [-0.15, -0.1) is 0 Å². The van der Waals surface area contributed by atoms with E-state index in [4.69, 9.17) is 5.11 Å².